The molecule has 0 aliphatic rings. The molecule has 0 aliphatic heterocycles. The van der Waals surface area contributed by atoms with E-state index in [1.54, 1.807) is 6.07 Å². The number of nitrogens with one attached hydrogen (secondary N) is 1. The molecule has 2 aromatic carbocycles. The predicted octanol–water partition coefficient (Wildman–Crippen LogP) is 5.22. The fourth-order valence-electron chi connectivity index (χ4n) is 3.27. The molecule has 0 spiro atoms. The minimum atomic E-state index is -0.511. The van der Waals surface area contributed by atoms with Crippen molar-refractivity contribution in [3.05, 3.63) is 77.8 Å². The van der Waals surface area contributed by atoms with Crippen molar-refractivity contribution in [1.82, 2.24) is 20.6 Å². The third-order valence-corrected chi connectivity index (χ3v) is 5.02. The number of aryl methyl sites for hydroxylation is 1. The van der Waals surface area contributed by atoms with E-state index >= 15 is 0 Å². The highest BCUT2D eigenvalue weighted by molar-refractivity contribution is 5.93. The number of benzene rings is 2. The Hall–Kier alpha value is -3.74. The molecule has 0 radical (unpaired) electrons. The number of hydrogen-bond donors (Lipinski definition) is 1. The van der Waals surface area contributed by atoms with E-state index < -0.39 is 6.04 Å². The Morgan fingerprint density at radius 2 is 1.68 bits per heavy atom. The fourth-order valence-corrected chi connectivity index (χ4v) is 3.27. The van der Waals surface area contributed by atoms with E-state index in [0.29, 0.717) is 17.5 Å². The van der Waals surface area contributed by atoms with Crippen LogP contribution in [-0.4, -0.2) is 21.2 Å². The summed E-state index contributed by atoms with van der Waals surface area (Å²) < 4.78 is 10.9. The molecule has 2 heterocycles. The van der Waals surface area contributed by atoms with Crippen molar-refractivity contribution in [2.75, 3.05) is 0 Å². The highest BCUT2D eigenvalue weighted by Crippen LogP contribution is 2.33. The Morgan fingerprint density at radius 1 is 0.968 bits per heavy atom. The van der Waals surface area contributed by atoms with Crippen molar-refractivity contribution >= 4 is 5.91 Å². The van der Waals surface area contributed by atoms with Crippen LogP contribution in [0, 0.1) is 12.3 Å². The van der Waals surface area contributed by atoms with Crippen LogP contribution in [0.15, 0.2) is 69.7 Å². The molecule has 1 N–H and O–H groups in total. The number of carbonyl (C=O) groups excluding carboxylic acids is 1. The Labute approximate surface area is 180 Å². The molecule has 0 saturated heterocycles. The summed E-state index contributed by atoms with van der Waals surface area (Å²) in [4.78, 5) is 17.5. The van der Waals surface area contributed by atoms with Crippen LogP contribution >= 0.6 is 0 Å². The van der Waals surface area contributed by atoms with E-state index in [4.69, 9.17) is 9.05 Å². The lowest BCUT2D eigenvalue weighted by Crippen LogP contribution is -2.37. The normalized spacial score (nSPS) is 12.5. The molecule has 31 heavy (non-hydrogen) atoms. The van der Waals surface area contributed by atoms with Gasteiger partial charge in [-0.2, -0.15) is 4.98 Å². The zero-order valence-electron chi connectivity index (χ0n) is 17.9. The maximum Gasteiger partial charge on any atom is 0.274 e. The first-order chi connectivity index (χ1) is 14.8. The molecule has 1 atom stereocenters. The van der Waals surface area contributed by atoms with E-state index in [2.05, 4.69) is 20.6 Å². The van der Waals surface area contributed by atoms with Gasteiger partial charge in [0.2, 0.25) is 11.7 Å². The van der Waals surface area contributed by atoms with Gasteiger partial charge in [0.05, 0.1) is 0 Å². The van der Waals surface area contributed by atoms with Crippen molar-refractivity contribution in [3.8, 4) is 22.7 Å². The second kappa shape index (κ2) is 8.18. The summed E-state index contributed by atoms with van der Waals surface area (Å²) in [6.45, 7) is 7.96. The monoisotopic (exact) mass is 416 g/mol. The van der Waals surface area contributed by atoms with Crippen LogP contribution in [0.5, 0.6) is 0 Å². The van der Waals surface area contributed by atoms with Gasteiger partial charge in [-0.3, -0.25) is 4.79 Å². The average Bonchev–Trinajstić information content (AvgIpc) is 3.42. The first kappa shape index (κ1) is 20.5. The van der Waals surface area contributed by atoms with E-state index in [1.165, 1.54) is 0 Å². The highest BCUT2D eigenvalue weighted by Gasteiger charge is 2.34. The largest absolute Gasteiger partial charge is 0.355 e. The summed E-state index contributed by atoms with van der Waals surface area (Å²) in [6, 6.07) is 18.5. The van der Waals surface area contributed by atoms with Gasteiger partial charge in [-0.1, -0.05) is 85.7 Å². The van der Waals surface area contributed by atoms with Crippen molar-refractivity contribution < 1.29 is 13.8 Å². The van der Waals surface area contributed by atoms with Crippen molar-refractivity contribution in [3.63, 3.8) is 0 Å². The van der Waals surface area contributed by atoms with Crippen LogP contribution in [0.2, 0.25) is 0 Å². The lowest BCUT2D eigenvalue weighted by Gasteiger charge is -2.27. The Balaban J connectivity index is 1.58. The quantitative estimate of drug-likeness (QED) is 0.479. The minimum Gasteiger partial charge on any atom is -0.355 e. The predicted molar refractivity (Wildman–Crippen MR) is 116 cm³/mol. The van der Waals surface area contributed by atoms with Crippen LogP contribution in [0.3, 0.4) is 0 Å². The maximum atomic E-state index is 13.0. The number of aromatic nitrogens is 3. The van der Waals surface area contributed by atoms with Gasteiger partial charge < -0.3 is 14.4 Å². The SMILES string of the molecule is Cc1ccccc1-c1cc(C(=O)N[C@@H](c2nc(-c3ccccc3)no2)C(C)(C)C)no1. The number of hydrogen-bond acceptors (Lipinski definition) is 6. The molecule has 1 amide bonds. The van der Waals surface area contributed by atoms with Crippen LogP contribution in [0.4, 0.5) is 0 Å². The van der Waals surface area contributed by atoms with Gasteiger partial charge >= 0.3 is 0 Å². The van der Waals surface area contributed by atoms with Crippen molar-refractivity contribution in [1.29, 1.82) is 0 Å². The molecular formula is C24H24N4O3. The molecule has 7 heteroatoms. The first-order valence-electron chi connectivity index (χ1n) is 10.1. The molecular weight excluding hydrogens is 392 g/mol. The number of rotatable bonds is 5. The highest BCUT2D eigenvalue weighted by atomic mass is 16.5. The van der Waals surface area contributed by atoms with E-state index in [-0.39, 0.29) is 17.0 Å². The van der Waals surface area contributed by atoms with Crippen LogP contribution in [0.25, 0.3) is 22.7 Å². The molecule has 7 nitrogen and oxygen atoms in total. The minimum absolute atomic E-state index is 0.190. The number of carbonyl (C=O) groups is 1. The molecule has 2 aromatic heterocycles. The van der Waals surface area contributed by atoms with Gasteiger partial charge in [-0.25, -0.2) is 0 Å². The van der Waals surface area contributed by atoms with E-state index in [9.17, 15) is 4.79 Å². The summed E-state index contributed by atoms with van der Waals surface area (Å²) >= 11 is 0. The van der Waals surface area contributed by atoms with Crippen LogP contribution in [0.1, 0.15) is 48.8 Å². The smallest absolute Gasteiger partial charge is 0.274 e. The summed E-state index contributed by atoms with van der Waals surface area (Å²) in [7, 11) is 0. The first-order valence-corrected chi connectivity index (χ1v) is 10.1. The number of amides is 1. The molecule has 158 valence electrons. The van der Waals surface area contributed by atoms with Gasteiger partial charge in [0.1, 0.15) is 6.04 Å². The standard InChI is InChI=1S/C24H24N4O3/c1-15-10-8-9-13-17(15)19-14-18(27-30-19)22(29)25-20(24(2,3)4)23-26-21(28-31-23)16-11-6-5-7-12-16/h5-14,20H,1-4H3,(H,25,29)/t20-/m0/s1. The van der Waals surface area contributed by atoms with Crippen LogP contribution < -0.4 is 5.32 Å². The lowest BCUT2D eigenvalue weighted by atomic mass is 9.86. The molecule has 0 saturated carbocycles. The molecule has 0 fully saturated rings. The van der Waals surface area contributed by atoms with Crippen molar-refractivity contribution in [2.45, 2.75) is 33.7 Å². The summed E-state index contributed by atoms with van der Waals surface area (Å²) in [5.74, 6) is 0.979. The summed E-state index contributed by atoms with van der Waals surface area (Å²) in [5, 5.41) is 11.0. The second-order valence-electron chi connectivity index (χ2n) is 8.49. The topological polar surface area (TPSA) is 94.1 Å². The van der Waals surface area contributed by atoms with Crippen LogP contribution in [-0.2, 0) is 0 Å². The van der Waals surface area contributed by atoms with Gasteiger partial charge in [-0.05, 0) is 17.9 Å². The lowest BCUT2D eigenvalue weighted by molar-refractivity contribution is 0.0871. The average molecular weight is 416 g/mol. The van der Waals surface area contributed by atoms with Gasteiger partial charge in [0, 0.05) is 17.2 Å². The molecule has 0 bridgehead atoms. The fraction of sp³-hybridized carbons (Fsp3) is 0.250. The van der Waals surface area contributed by atoms with E-state index in [1.807, 2.05) is 82.3 Å². The maximum absolute atomic E-state index is 13.0. The van der Waals surface area contributed by atoms with Gasteiger partial charge in [-0.15, -0.1) is 0 Å². The Kier molecular flexibility index (Phi) is 5.42. The van der Waals surface area contributed by atoms with Gasteiger partial charge in [0.15, 0.2) is 11.5 Å². The third-order valence-electron chi connectivity index (χ3n) is 5.02. The molecule has 4 rings (SSSR count). The second-order valence-corrected chi connectivity index (χ2v) is 8.49. The Morgan fingerprint density at radius 3 is 2.39 bits per heavy atom. The zero-order valence-corrected chi connectivity index (χ0v) is 17.9. The summed E-state index contributed by atoms with van der Waals surface area (Å²) in [6.07, 6.45) is 0. The Bertz CT molecular complexity index is 1190. The molecule has 0 aliphatic carbocycles. The third kappa shape index (κ3) is 4.40. The number of nitrogens with zero attached hydrogens (tertiary/aromatic N) is 3. The molecule has 0 unspecified atom stereocenters. The molecule has 4 aromatic rings. The summed E-state index contributed by atoms with van der Waals surface area (Å²) in [5.41, 5.74) is 2.59. The van der Waals surface area contributed by atoms with Gasteiger partial charge in [0.25, 0.3) is 5.91 Å². The van der Waals surface area contributed by atoms with Crippen molar-refractivity contribution in [2.24, 2.45) is 5.41 Å². The zero-order chi connectivity index (χ0) is 22.0. The van der Waals surface area contributed by atoms with E-state index in [0.717, 1.165) is 16.7 Å².